The third-order valence-electron chi connectivity index (χ3n) is 6.63. The molecule has 5 heterocycles. The maximum absolute atomic E-state index is 15.0. The third-order valence-corrected chi connectivity index (χ3v) is 6.63. The van der Waals surface area contributed by atoms with Crippen LogP contribution < -0.4 is 10.9 Å². The Kier molecular flexibility index (Phi) is 5.41. The smallest absolute Gasteiger partial charge is 0.261 e. The van der Waals surface area contributed by atoms with Gasteiger partial charge in [0.25, 0.3) is 5.56 Å². The van der Waals surface area contributed by atoms with Crippen LogP contribution in [0.1, 0.15) is 24.5 Å². The highest BCUT2D eigenvalue weighted by Gasteiger charge is 2.20. The van der Waals surface area contributed by atoms with Gasteiger partial charge in [0.05, 0.1) is 35.2 Å². The van der Waals surface area contributed by atoms with E-state index < -0.39 is 17.2 Å². The number of fused-ring (bicyclic) bond motifs is 3. The molecule has 0 unspecified atom stereocenters. The van der Waals surface area contributed by atoms with E-state index in [1.807, 2.05) is 12.1 Å². The van der Waals surface area contributed by atoms with Crippen LogP contribution in [0, 0.1) is 11.6 Å². The van der Waals surface area contributed by atoms with Crippen molar-refractivity contribution in [2.75, 3.05) is 25.5 Å². The molecule has 0 radical (unpaired) electrons. The minimum absolute atomic E-state index is 0.0993. The average molecular weight is 489 g/mol. The molecule has 0 aliphatic carbocycles. The first-order valence-corrected chi connectivity index (χ1v) is 11.6. The molecule has 1 aliphatic rings. The van der Waals surface area contributed by atoms with Crippen LogP contribution in [0.3, 0.4) is 0 Å². The number of aromatic amines is 1. The fourth-order valence-electron chi connectivity index (χ4n) is 4.69. The molecule has 1 aliphatic heterocycles. The molecule has 9 nitrogen and oxygen atoms in total. The lowest BCUT2D eigenvalue weighted by atomic mass is 9.93. The molecule has 0 bridgehead atoms. The number of imidazole rings is 1. The highest BCUT2D eigenvalue weighted by atomic mass is 19.1. The zero-order valence-corrected chi connectivity index (χ0v) is 19.4. The molecule has 0 atom stereocenters. The number of piperidine rings is 1. The molecule has 11 heteroatoms. The van der Waals surface area contributed by atoms with Crippen molar-refractivity contribution < 1.29 is 8.78 Å². The molecule has 0 saturated carbocycles. The molecule has 0 spiro atoms. The normalized spacial score (nSPS) is 15.1. The van der Waals surface area contributed by atoms with Gasteiger partial charge in [-0.15, -0.1) is 0 Å². The Morgan fingerprint density at radius 2 is 1.89 bits per heavy atom. The minimum Gasteiger partial charge on any atom is -0.323 e. The topological polar surface area (TPSA) is 104 Å². The quantitative estimate of drug-likeness (QED) is 0.396. The molecular weight excluding hydrogens is 466 g/mol. The number of aromatic nitrogens is 6. The van der Waals surface area contributed by atoms with E-state index in [0.717, 1.165) is 43.9 Å². The van der Waals surface area contributed by atoms with E-state index in [2.05, 4.69) is 42.2 Å². The maximum Gasteiger partial charge on any atom is 0.261 e. The van der Waals surface area contributed by atoms with Crippen LogP contribution in [0.4, 0.5) is 20.4 Å². The maximum atomic E-state index is 15.0. The van der Waals surface area contributed by atoms with Crippen molar-refractivity contribution in [2.45, 2.75) is 18.8 Å². The number of H-pyrrole nitrogens is 1. The zero-order valence-electron chi connectivity index (χ0n) is 19.4. The molecule has 0 amide bonds. The lowest BCUT2D eigenvalue weighted by Crippen LogP contribution is -2.29. The predicted octanol–water partition coefficient (Wildman–Crippen LogP) is 3.86. The molecular formula is C25H22F2N8O. The number of pyridine rings is 1. The Morgan fingerprint density at radius 3 is 2.67 bits per heavy atom. The second-order valence-corrected chi connectivity index (χ2v) is 9.02. The van der Waals surface area contributed by atoms with Crippen molar-refractivity contribution in [3.63, 3.8) is 0 Å². The Bertz CT molecular complexity index is 1640. The fourth-order valence-corrected chi connectivity index (χ4v) is 4.69. The second kappa shape index (κ2) is 8.76. The van der Waals surface area contributed by atoms with Gasteiger partial charge >= 0.3 is 0 Å². The summed E-state index contributed by atoms with van der Waals surface area (Å²) in [6.45, 7) is 2.10. The Balaban J connectivity index is 1.32. The monoisotopic (exact) mass is 488 g/mol. The Labute approximate surface area is 203 Å². The molecule has 6 rings (SSSR count). The van der Waals surface area contributed by atoms with Crippen LogP contribution in [0.2, 0.25) is 0 Å². The van der Waals surface area contributed by atoms with E-state index in [1.54, 1.807) is 6.20 Å². The summed E-state index contributed by atoms with van der Waals surface area (Å²) < 4.78 is 31.3. The van der Waals surface area contributed by atoms with Crippen molar-refractivity contribution in [3.8, 4) is 11.3 Å². The number of nitrogens with one attached hydrogen (secondary N) is 2. The predicted molar refractivity (Wildman–Crippen MR) is 131 cm³/mol. The molecule has 36 heavy (non-hydrogen) atoms. The van der Waals surface area contributed by atoms with Crippen molar-refractivity contribution >= 4 is 28.2 Å². The zero-order chi connectivity index (χ0) is 24.8. The number of hydrogen-bond acceptors (Lipinski definition) is 7. The van der Waals surface area contributed by atoms with Crippen LogP contribution in [0.15, 0.2) is 54.0 Å². The van der Waals surface area contributed by atoms with Crippen molar-refractivity contribution in [3.05, 3.63) is 76.9 Å². The SMILES string of the molecule is CN1CCC(c2ccc(Nc3ncc(F)c(-c4cc(F)c5c(=O)[nH]c6cncn6c5c4)n3)cn2)CC1. The van der Waals surface area contributed by atoms with E-state index >= 15 is 0 Å². The molecule has 4 aromatic heterocycles. The van der Waals surface area contributed by atoms with Gasteiger partial charge < -0.3 is 15.2 Å². The molecule has 1 aromatic carbocycles. The standard InChI is InChI=1S/C25H22F2N8O/c1-34-6-4-14(5-7-34)19-3-2-16(10-29-19)31-25-30-11-18(27)23(33-25)15-8-17(26)22-20(9-15)35-13-28-12-21(35)32-24(22)36/h2-3,8-14H,4-7H2,1H3,(H,32,36)(H,30,31,33). The van der Waals surface area contributed by atoms with Gasteiger partial charge in [0, 0.05) is 17.2 Å². The fraction of sp³-hybridized carbons (Fsp3) is 0.240. The summed E-state index contributed by atoms with van der Waals surface area (Å²) in [7, 11) is 2.12. The summed E-state index contributed by atoms with van der Waals surface area (Å²) >= 11 is 0. The van der Waals surface area contributed by atoms with Gasteiger partial charge in [-0.1, -0.05) is 0 Å². The number of hydrogen-bond donors (Lipinski definition) is 2. The number of benzene rings is 1. The van der Waals surface area contributed by atoms with Gasteiger partial charge in [-0.05, 0) is 57.2 Å². The van der Waals surface area contributed by atoms with E-state index in [9.17, 15) is 13.6 Å². The number of rotatable bonds is 4. The summed E-state index contributed by atoms with van der Waals surface area (Å²) in [5.41, 5.74) is 1.82. The first kappa shape index (κ1) is 22.2. The number of nitrogens with zero attached hydrogens (tertiary/aromatic N) is 6. The van der Waals surface area contributed by atoms with Gasteiger partial charge in [-0.3, -0.25) is 14.2 Å². The lowest BCUT2D eigenvalue weighted by Gasteiger charge is -2.28. The summed E-state index contributed by atoms with van der Waals surface area (Å²) in [4.78, 5) is 34.2. The largest absolute Gasteiger partial charge is 0.323 e. The van der Waals surface area contributed by atoms with Crippen LogP contribution in [0.5, 0.6) is 0 Å². The van der Waals surface area contributed by atoms with Gasteiger partial charge in [-0.25, -0.2) is 23.7 Å². The summed E-state index contributed by atoms with van der Waals surface area (Å²) in [5.74, 6) is -0.942. The van der Waals surface area contributed by atoms with Gasteiger partial charge in [0.2, 0.25) is 5.95 Å². The third kappa shape index (κ3) is 3.97. The van der Waals surface area contributed by atoms with Crippen LogP contribution >= 0.6 is 0 Å². The van der Waals surface area contributed by atoms with Crippen molar-refractivity contribution in [2.24, 2.45) is 0 Å². The Hall–Kier alpha value is -4.25. The van der Waals surface area contributed by atoms with Crippen molar-refractivity contribution in [1.82, 2.24) is 34.2 Å². The molecule has 2 N–H and O–H groups in total. The van der Waals surface area contributed by atoms with Crippen molar-refractivity contribution in [1.29, 1.82) is 0 Å². The summed E-state index contributed by atoms with van der Waals surface area (Å²) in [6, 6.07) is 6.48. The number of halogens is 2. The van der Waals surface area contributed by atoms with E-state index in [-0.39, 0.29) is 28.1 Å². The van der Waals surface area contributed by atoms with Crippen LogP contribution in [0.25, 0.3) is 27.8 Å². The van der Waals surface area contributed by atoms with Crippen LogP contribution in [-0.2, 0) is 0 Å². The van der Waals surface area contributed by atoms with Gasteiger partial charge in [-0.2, -0.15) is 0 Å². The summed E-state index contributed by atoms with van der Waals surface area (Å²) in [5, 5.41) is 2.90. The highest BCUT2D eigenvalue weighted by Crippen LogP contribution is 2.29. The molecule has 1 saturated heterocycles. The average Bonchev–Trinajstić information content (AvgIpc) is 3.34. The van der Waals surface area contributed by atoms with Crippen LogP contribution in [-0.4, -0.2) is 54.4 Å². The molecule has 1 fully saturated rings. The van der Waals surface area contributed by atoms with Gasteiger partial charge in [0.15, 0.2) is 5.82 Å². The lowest BCUT2D eigenvalue weighted by molar-refractivity contribution is 0.253. The van der Waals surface area contributed by atoms with E-state index in [0.29, 0.717) is 17.3 Å². The Morgan fingerprint density at radius 1 is 1.06 bits per heavy atom. The first-order valence-electron chi connectivity index (χ1n) is 11.6. The molecule has 182 valence electrons. The molecule has 5 aromatic rings. The number of anilines is 2. The highest BCUT2D eigenvalue weighted by molar-refractivity contribution is 5.85. The number of likely N-dealkylation sites (tertiary alicyclic amines) is 1. The second-order valence-electron chi connectivity index (χ2n) is 9.02. The van der Waals surface area contributed by atoms with E-state index in [1.165, 1.54) is 23.0 Å². The van der Waals surface area contributed by atoms with E-state index in [4.69, 9.17) is 0 Å². The first-order chi connectivity index (χ1) is 17.5. The van der Waals surface area contributed by atoms with Gasteiger partial charge in [0.1, 0.15) is 23.5 Å². The minimum atomic E-state index is -0.791. The summed E-state index contributed by atoms with van der Waals surface area (Å²) in [6.07, 6.45) is 7.77.